The lowest BCUT2D eigenvalue weighted by Crippen LogP contribution is -2.48. The molecule has 1 saturated carbocycles. The van der Waals surface area contributed by atoms with Gasteiger partial charge in [-0.2, -0.15) is 22.0 Å². The van der Waals surface area contributed by atoms with Crippen molar-refractivity contribution < 1.29 is 51.0 Å². The maximum absolute atomic E-state index is 14.0. The van der Waals surface area contributed by atoms with Gasteiger partial charge in [0, 0.05) is 24.6 Å². The number of H-pyrrole nitrogens is 1. The highest BCUT2D eigenvalue weighted by atomic mass is 19.4. The Hall–Kier alpha value is -5.54. The number of alkyl halides is 5. The van der Waals surface area contributed by atoms with E-state index in [4.69, 9.17) is 4.74 Å². The number of ether oxygens (including phenoxy) is 1. The summed E-state index contributed by atoms with van der Waals surface area (Å²) in [6.07, 6.45) is -4.03. The number of aryl methyl sites for hydroxylation is 1. The van der Waals surface area contributed by atoms with Crippen molar-refractivity contribution in [2.75, 3.05) is 11.9 Å². The zero-order valence-electron chi connectivity index (χ0n) is 30.6. The molecule has 1 heterocycles. The van der Waals surface area contributed by atoms with E-state index in [1.54, 1.807) is 52.0 Å². The Bertz CT molecular complexity index is 2050. The number of nitrogens with one attached hydrogen (secondary N) is 4. The van der Waals surface area contributed by atoms with Crippen molar-refractivity contribution in [1.82, 2.24) is 20.6 Å². The molecule has 1 aromatic heterocycles. The molecule has 0 saturated heterocycles. The summed E-state index contributed by atoms with van der Waals surface area (Å²) in [6, 6.07) is 14.5. The van der Waals surface area contributed by atoms with Gasteiger partial charge in [-0.05, 0) is 112 Å². The van der Waals surface area contributed by atoms with Gasteiger partial charge in [-0.25, -0.2) is 14.6 Å². The van der Waals surface area contributed by atoms with Gasteiger partial charge in [0.15, 0.2) is 5.82 Å². The van der Waals surface area contributed by atoms with Crippen LogP contribution in [0.3, 0.4) is 0 Å². The molecule has 0 spiro atoms. The summed E-state index contributed by atoms with van der Waals surface area (Å²) >= 11 is 0. The van der Waals surface area contributed by atoms with Gasteiger partial charge in [-0.15, -0.1) is 0 Å². The van der Waals surface area contributed by atoms with Crippen molar-refractivity contribution in [2.45, 2.75) is 83.5 Å². The summed E-state index contributed by atoms with van der Waals surface area (Å²) in [5.74, 6) is -9.16. The van der Waals surface area contributed by atoms with Gasteiger partial charge in [-0.3, -0.25) is 9.59 Å². The lowest BCUT2D eigenvalue weighted by molar-refractivity contribution is -0.292. The average Bonchev–Trinajstić information content (AvgIpc) is 3.54. The lowest BCUT2D eigenvalue weighted by atomic mass is 9.81. The first-order chi connectivity index (χ1) is 25.7. The van der Waals surface area contributed by atoms with Crippen molar-refractivity contribution in [3.8, 4) is 11.1 Å². The Labute approximate surface area is 313 Å². The average molecular weight is 772 g/mol. The van der Waals surface area contributed by atoms with E-state index >= 15 is 0 Å². The molecule has 1 aliphatic carbocycles. The minimum absolute atomic E-state index is 0.0399. The molecule has 1 aliphatic rings. The molecular weight excluding hydrogens is 729 g/mol. The number of hydrogen-bond acceptors (Lipinski definition) is 6. The lowest BCUT2D eigenvalue weighted by Gasteiger charge is -2.29. The topological polar surface area (TPSA) is 163 Å². The Kier molecular flexibility index (Phi) is 11.9. The van der Waals surface area contributed by atoms with E-state index in [0.717, 1.165) is 16.7 Å². The third kappa shape index (κ3) is 10.2. The quantitative estimate of drug-likeness (QED) is 0.0969. The zero-order valence-corrected chi connectivity index (χ0v) is 30.6. The number of aromatic carboxylic acids is 1. The van der Waals surface area contributed by atoms with Crippen LogP contribution in [0.1, 0.15) is 73.8 Å². The Morgan fingerprint density at radius 3 is 2.20 bits per heavy atom. The van der Waals surface area contributed by atoms with E-state index in [1.165, 1.54) is 24.3 Å². The van der Waals surface area contributed by atoms with Gasteiger partial charge in [0.1, 0.15) is 11.6 Å². The Balaban J connectivity index is 1.31. The number of carbonyl (C=O) groups excluding carboxylic acids is 3. The largest absolute Gasteiger partial charge is 0.478 e. The number of fused-ring (bicyclic) bond motifs is 1. The zero-order chi connectivity index (χ0) is 40.3. The fourth-order valence-electron chi connectivity index (χ4n) is 6.45. The highest BCUT2D eigenvalue weighted by molar-refractivity contribution is 5.99. The second-order valence-corrected chi connectivity index (χ2v) is 14.8. The number of aromatic nitrogens is 2. The molecule has 11 nitrogen and oxygen atoms in total. The van der Waals surface area contributed by atoms with Crippen LogP contribution in [-0.2, 0) is 26.7 Å². The molecule has 294 valence electrons. The predicted molar refractivity (Wildman–Crippen MR) is 194 cm³/mol. The summed E-state index contributed by atoms with van der Waals surface area (Å²) in [5.41, 5.74) is 2.26. The van der Waals surface area contributed by atoms with E-state index < -0.39 is 53.5 Å². The Morgan fingerprint density at radius 1 is 0.927 bits per heavy atom. The van der Waals surface area contributed by atoms with E-state index in [9.17, 15) is 46.2 Å². The molecule has 16 heteroatoms. The smallest absolute Gasteiger partial charge is 0.461 e. The van der Waals surface area contributed by atoms with Crippen LogP contribution in [0.5, 0.6) is 0 Å². The Morgan fingerprint density at radius 2 is 1.60 bits per heavy atom. The molecule has 55 heavy (non-hydrogen) atoms. The van der Waals surface area contributed by atoms with Crippen molar-refractivity contribution in [3.63, 3.8) is 0 Å². The first-order valence-electron chi connectivity index (χ1n) is 17.7. The number of benzene rings is 3. The molecule has 5 N–H and O–H groups in total. The maximum atomic E-state index is 14.0. The molecule has 0 aliphatic heterocycles. The molecule has 3 amide bonds. The van der Waals surface area contributed by atoms with Gasteiger partial charge in [0.05, 0.1) is 16.6 Å². The van der Waals surface area contributed by atoms with Crippen molar-refractivity contribution in [3.05, 3.63) is 83.2 Å². The number of alkyl carbamates (subject to hydrolysis) is 1. The number of carbonyl (C=O) groups is 4. The van der Waals surface area contributed by atoms with Crippen LogP contribution < -0.4 is 16.0 Å². The van der Waals surface area contributed by atoms with Crippen LogP contribution in [0.15, 0.2) is 60.7 Å². The number of amides is 3. The molecule has 5 rings (SSSR count). The summed E-state index contributed by atoms with van der Waals surface area (Å²) in [4.78, 5) is 56.2. The number of anilines is 1. The first kappa shape index (κ1) is 40.6. The molecule has 0 bridgehead atoms. The number of halogens is 5. The van der Waals surface area contributed by atoms with Crippen molar-refractivity contribution in [2.24, 2.45) is 11.8 Å². The van der Waals surface area contributed by atoms with Gasteiger partial charge >= 0.3 is 24.2 Å². The van der Waals surface area contributed by atoms with E-state index in [2.05, 4.69) is 20.9 Å². The minimum atomic E-state index is -5.87. The predicted octanol–water partition coefficient (Wildman–Crippen LogP) is 7.89. The SMILES string of the molecule is Cc1cc(C(=O)O)ccc1-c1ccc(C[C@H](NC(=O)C2CCC(CNC(=O)OC(C)(C)C)CC2)C(=O)Nc2ccc3nc(C(F)(F)C(F)(F)F)[nH]c3c2)cc1. The number of hydrogen-bond donors (Lipinski definition) is 5. The third-order valence-electron chi connectivity index (χ3n) is 9.37. The number of rotatable bonds is 11. The van der Waals surface area contributed by atoms with E-state index in [0.29, 0.717) is 37.8 Å². The fraction of sp³-hybridized carbons (Fsp3) is 0.410. The van der Waals surface area contributed by atoms with Crippen LogP contribution in [-0.4, -0.2) is 63.3 Å². The van der Waals surface area contributed by atoms with Crippen LogP contribution >= 0.6 is 0 Å². The van der Waals surface area contributed by atoms with Gasteiger partial charge in [-0.1, -0.05) is 30.3 Å². The summed E-state index contributed by atoms with van der Waals surface area (Å²) in [6.45, 7) is 7.48. The monoisotopic (exact) mass is 771 g/mol. The molecule has 1 atom stereocenters. The van der Waals surface area contributed by atoms with Crippen molar-refractivity contribution >= 4 is 40.6 Å². The number of nitrogens with zero attached hydrogens (tertiary/aromatic N) is 1. The molecule has 1 fully saturated rings. The maximum Gasteiger partial charge on any atom is 0.461 e. The van der Waals surface area contributed by atoms with Crippen LogP contribution in [0.4, 0.5) is 32.4 Å². The minimum Gasteiger partial charge on any atom is -0.478 e. The van der Waals surface area contributed by atoms with Gasteiger partial charge < -0.3 is 30.8 Å². The second-order valence-electron chi connectivity index (χ2n) is 14.8. The number of imidazole rings is 1. The number of aromatic amines is 1. The summed E-state index contributed by atoms with van der Waals surface area (Å²) in [7, 11) is 0. The molecule has 3 aromatic carbocycles. The standard InChI is InChI=1S/C39H42F5N5O6/c1-21-17-26(34(52)53)13-15-28(21)24-9-5-22(6-10-24)18-31(47-32(50)25-11-7-23(8-12-25)20-45-36(54)55-37(2,3)4)33(51)46-27-14-16-29-30(19-27)49-35(48-29)38(40,41)39(42,43)44/h5-6,9-10,13-17,19,23,25,31H,7-8,11-12,18,20H2,1-4H3,(H,45,54)(H,46,51)(H,47,50)(H,48,49)(H,52,53)/t23?,25?,31-/m0/s1. The summed E-state index contributed by atoms with van der Waals surface area (Å²) < 4.78 is 72.1. The van der Waals surface area contributed by atoms with Gasteiger partial charge in [0.25, 0.3) is 0 Å². The molecule has 0 radical (unpaired) electrons. The fourth-order valence-corrected chi connectivity index (χ4v) is 6.45. The highest BCUT2D eigenvalue weighted by Gasteiger charge is 2.61. The molecular formula is C39H42F5N5O6. The first-order valence-corrected chi connectivity index (χ1v) is 17.7. The highest BCUT2D eigenvalue weighted by Crippen LogP contribution is 2.43. The second kappa shape index (κ2) is 16.1. The van der Waals surface area contributed by atoms with Crippen LogP contribution in [0.25, 0.3) is 22.2 Å². The van der Waals surface area contributed by atoms with Gasteiger partial charge in [0.2, 0.25) is 11.8 Å². The summed E-state index contributed by atoms with van der Waals surface area (Å²) in [5, 5.41) is 17.6. The van der Waals surface area contributed by atoms with Crippen molar-refractivity contribution in [1.29, 1.82) is 0 Å². The molecule has 4 aromatic rings. The van der Waals surface area contributed by atoms with Crippen LogP contribution in [0.2, 0.25) is 0 Å². The molecule has 0 unspecified atom stereocenters. The number of carboxylic acids is 1. The van der Waals surface area contributed by atoms with E-state index in [-0.39, 0.29) is 40.5 Å². The normalized spacial score (nSPS) is 17.0. The van der Waals surface area contributed by atoms with Crippen LogP contribution in [0, 0.1) is 18.8 Å². The number of carboxylic acid groups (broad SMARTS) is 1. The third-order valence-corrected chi connectivity index (χ3v) is 9.37. The van der Waals surface area contributed by atoms with E-state index in [1.807, 2.05) is 17.1 Å².